The fourth-order valence-electron chi connectivity index (χ4n) is 3.25. The lowest BCUT2D eigenvalue weighted by Crippen LogP contribution is -2.37. The second-order valence-corrected chi connectivity index (χ2v) is 7.08. The number of hydrogen-bond donors (Lipinski definition) is 1. The maximum absolute atomic E-state index is 4.84. The van der Waals surface area contributed by atoms with Crippen LogP contribution in [-0.2, 0) is 6.42 Å². The van der Waals surface area contributed by atoms with E-state index in [4.69, 9.17) is 9.97 Å². The summed E-state index contributed by atoms with van der Waals surface area (Å²) in [6, 6.07) is 9.14. The van der Waals surface area contributed by atoms with Gasteiger partial charge in [0.15, 0.2) is 0 Å². The molecule has 24 heavy (non-hydrogen) atoms. The molecule has 4 nitrogen and oxygen atoms in total. The lowest BCUT2D eigenvalue weighted by atomic mass is 10.0. The fourth-order valence-corrected chi connectivity index (χ4v) is 3.25. The summed E-state index contributed by atoms with van der Waals surface area (Å²) >= 11 is 0. The Morgan fingerprint density at radius 1 is 1.08 bits per heavy atom. The third kappa shape index (κ3) is 4.12. The molecule has 1 saturated heterocycles. The van der Waals surface area contributed by atoms with E-state index in [1.54, 1.807) is 0 Å². The average molecular weight is 324 g/mol. The molecule has 0 amide bonds. The van der Waals surface area contributed by atoms with Crippen LogP contribution in [0.25, 0.3) is 0 Å². The number of aromatic nitrogens is 2. The zero-order valence-corrected chi connectivity index (χ0v) is 15.3. The number of anilines is 1. The molecule has 1 aromatic heterocycles. The predicted molar refractivity (Wildman–Crippen MR) is 99.6 cm³/mol. The Kier molecular flexibility index (Phi) is 5.14. The summed E-state index contributed by atoms with van der Waals surface area (Å²) in [5.74, 6) is 0.967. The molecule has 0 bridgehead atoms. The molecule has 2 aromatic rings. The molecule has 3 rings (SSSR count). The van der Waals surface area contributed by atoms with Crippen LogP contribution >= 0.6 is 0 Å². The maximum Gasteiger partial charge on any atom is 0.148 e. The van der Waals surface area contributed by atoms with Crippen LogP contribution in [0.15, 0.2) is 24.3 Å². The van der Waals surface area contributed by atoms with Crippen molar-refractivity contribution in [1.82, 2.24) is 14.9 Å². The van der Waals surface area contributed by atoms with Crippen molar-refractivity contribution in [3.05, 3.63) is 52.5 Å². The zero-order valence-electron chi connectivity index (χ0n) is 15.3. The first-order valence-electron chi connectivity index (χ1n) is 8.86. The van der Waals surface area contributed by atoms with Crippen LogP contribution in [0.4, 0.5) is 5.82 Å². The molecule has 0 radical (unpaired) electrons. The van der Waals surface area contributed by atoms with Gasteiger partial charge in [0.05, 0.1) is 17.1 Å². The quantitative estimate of drug-likeness (QED) is 0.934. The molecule has 0 atom stereocenters. The van der Waals surface area contributed by atoms with Gasteiger partial charge in [0.25, 0.3) is 0 Å². The van der Waals surface area contributed by atoms with E-state index in [1.807, 2.05) is 13.8 Å². The lowest BCUT2D eigenvalue weighted by Gasteiger charge is -2.30. The van der Waals surface area contributed by atoms with E-state index in [9.17, 15) is 0 Å². The van der Waals surface area contributed by atoms with Crippen LogP contribution in [0.5, 0.6) is 0 Å². The van der Waals surface area contributed by atoms with Crippen molar-refractivity contribution in [2.75, 3.05) is 25.5 Å². The molecule has 4 heteroatoms. The van der Waals surface area contributed by atoms with Crippen LogP contribution in [-0.4, -0.2) is 41.0 Å². The zero-order chi connectivity index (χ0) is 17.1. The van der Waals surface area contributed by atoms with Crippen molar-refractivity contribution in [1.29, 1.82) is 0 Å². The molecule has 1 N–H and O–H groups in total. The van der Waals surface area contributed by atoms with Gasteiger partial charge in [-0.1, -0.05) is 29.8 Å². The van der Waals surface area contributed by atoms with Crippen molar-refractivity contribution < 1.29 is 0 Å². The fraction of sp³-hybridized carbons (Fsp3) is 0.500. The molecule has 0 spiro atoms. The molecular formula is C20H28N4. The average Bonchev–Trinajstić information content (AvgIpc) is 2.54. The van der Waals surface area contributed by atoms with Gasteiger partial charge in [-0.3, -0.25) is 4.98 Å². The normalized spacial score (nSPS) is 16.3. The smallest absolute Gasteiger partial charge is 0.148 e. The van der Waals surface area contributed by atoms with Crippen molar-refractivity contribution in [3.8, 4) is 0 Å². The van der Waals surface area contributed by atoms with Crippen molar-refractivity contribution in [2.24, 2.45) is 0 Å². The Morgan fingerprint density at radius 2 is 1.79 bits per heavy atom. The predicted octanol–water partition coefficient (Wildman–Crippen LogP) is 3.50. The SMILES string of the molecule is Cc1cccc(Cc2nc(C)c(C)nc2NC2CCN(C)CC2)c1. The molecule has 1 fully saturated rings. The highest BCUT2D eigenvalue weighted by atomic mass is 15.1. The minimum Gasteiger partial charge on any atom is -0.366 e. The second kappa shape index (κ2) is 7.31. The van der Waals surface area contributed by atoms with E-state index in [2.05, 4.69) is 48.5 Å². The lowest BCUT2D eigenvalue weighted by molar-refractivity contribution is 0.263. The van der Waals surface area contributed by atoms with E-state index < -0.39 is 0 Å². The van der Waals surface area contributed by atoms with E-state index in [-0.39, 0.29) is 0 Å². The first-order chi connectivity index (χ1) is 11.5. The van der Waals surface area contributed by atoms with Crippen LogP contribution < -0.4 is 5.32 Å². The minimum atomic E-state index is 0.494. The van der Waals surface area contributed by atoms with Gasteiger partial charge in [-0.05, 0) is 59.3 Å². The van der Waals surface area contributed by atoms with Crippen molar-refractivity contribution >= 4 is 5.82 Å². The molecule has 1 aromatic carbocycles. The Hall–Kier alpha value is -1.94. The Balaban J connectivity index is 1.83. The number of rotatable bonds is 4. The van der Waals surface area contributed by atoms with Gasteiger partial charge in [0.2, 0.25) is 0 Å². The number of benzene rings is 1. The van der Waals surface area contributed by atoms with E-state index >= 15 is 0 Å². The van der Waals surface area contributed by atoms with Crippen LogP contribution in [0.3, 0.4) is 0 Å². The Morgan fingerprint density at radius 3 is 2.50 bits per heavy atom. The van der Waals surface area contributed by atoms with Gasteiger partial charge < -0.3 is 10.2 Å². The van der Waals surface area contributed by atoms with Gasteiger partial charge in [0, 0.05) is 12.5 Å². The van der Waals surface area contributed by atoms with Crippen molar-refractivity contribution in [3.63, 3.8) is 0 Å². The number of nitrogens with one attached hydrogen (secondary N) is 1. The van der Waals surface area contributed by atoms with Crippen LogP contribution in [0.1, 0.15) is 41.1 Å². The molecule has 1 aliphatic rings. The second-order valence-electron chi connectivity index (χ2n) is 7.08. The highest BCUT2D eigenvalue weighted by Gasteiger charge is 2.19. The maximum atomic E-state index is 4.84. The summed E-state index contributed by atoms with van der Waals surface area (Å²) in [5, 5.41) is 3.67. The molecule has 2 heterocycles. The van der Waals surface area contributed by atoms with E-state index in [0.29, 0.717) is 6.04 Å². The van der Waals surface area contributed by atoms with Crippen molar-refractivity contribution in [2.45, 2.75) is 46.1 Å². The first kappa shape index (κ1) is 16.9. The minimum absolute atomic E-state index is 0.494. The molecule has 0 aliphatic carbocycles. The number of piperidine rings is 1. The summed E-state index contributed by atoms with van der Waals surface area (Å²) in [5.41, 5.74) is 5.67. The van der Waals surface area contributed by atoms with Crippen LogP contribution in [0, 0.1) is 20.8 Å². The van der Waals surface area contributed by atoms with Gasteiger partial charge in [-0.15, -0.1) is 0 Å². The number of hydrogen-bond acceptors (Lipinski definition) is 4. The summed E-state index contributed by atoms with van der Waals surface area (Å²) in [6.45, 7) is 8.50. The number of aryl methyl sites for hydroxylation is 3. The monoisotopic (exact) mass is 324 g/mol. The summed E-state index contributed by atoms with van der Waals surface area (Å²) in [4.78, 5) is 12.0. The standard InChI is InChI=1S/C20H28N4/c1-14-6-5-7-17(12-14)13-19-20(22-16(3)15(2)21-19)23-18-8-10-24(4)11-9-18/h5-7,12,18H,8-11,13H2,1-4H3,(H,22,23). The highest BCUT2D eigenvalue weighted by Crippen LogP contribution is 2.21. The third-order valence-electron chi connectivity index (χ3n) is 4.89. The van der Waals surface area contributed by atoms with Gasteiger partial charge in [-0.25, -0.2) is 4.98 Å². The van der Waals surface area contributed by atoms with E-state index in [1.165, 1.54) is 11.1 Å². The summed E-state index contributed by atoms with van der Waals surface area (Å²) < 4.78 is 0. The number of likely N-dealkylation sites (tertiary alicyclic amines) is 1. The topological polar surface area (TPSA) is 41.1 Å². The molecular weight excluding hydrogens is 296 g/mol. The largest absolute Gasteiger partial charge is 0.366 e. The summed E-state index contributed by atoms with van der Waals surface area (Å²) in [7, 11) is 2.19. The molecule has 0 saturated carbocycles. The highest BCUT2D eigenvalue weighted by molar-refractivity contribution is 5.45. The summed E-state index contributed by atoms with van der Waals surface area (Å²) in [6.07, 6.45) is 3.15. The van der Waals surface area contributed by atoms with E-state index in [0.717, 1.165) is 55.3 Å². The Bertz CT molecular complexity index is 703. The number of nitrogens with zero attached hydrogens (tertiary/aromatic N) is 3. The van der Waals surface area contributed by atoms with Crippen LogP contribution in [0.2, 0.25) is 0 Å². The molecule has 1 aliphatic heterocycles. The molecule has 128 valence electrons. The Labute approximate surface area is 145 Å². The van der Waals surface area contributed by atoms with Gasteiger partial charge in [-0.2, -0.15) is 0 Å². The first-order valence-corrected chi connectivity index (χ1v) is 8.86. The molecule has 0 unspecified atom stereocenters. The van der Waals surface area contributed by atoms with Gasteiger partial charge >= 0.3 is 0 Å². The third-order valence-corrected chi connectivity index (χ3v) is 4.89. The van der Waals surface area contributed by atoms with Gasteiger partial charge in [0.1, 0.15) is 5.82 Å².